The van der Waals surface area contributed by atoms with Gasteiger partial charge in [0.25, 0.3) is 0 Å². The first-order chi connectivity index (χ1) is 8.08. The van der Waals surface area contributed by atoms with E-state index in [1.165, 1.54) is 0 Å². The highest BCUT2D eigenvalue weighted by Gasteiger charge is 2.39. The molecule has 0 heterocycles. The summed E-state index contributed by atoms with van der Waals surface area (Å²) >= 11 is 0. The Balaban J connectivity index is 0. The highest BCUT2D eigenvalue weighted by molar-refractivity contribution is 7.51. The Hall–Kier alpha value is -0.200. The summed E-state index contributed by atoms with van der Waals surface area (Å²) in [4.78, 5) is 16.7. The normalized spacial score (nSPS) is 13.8. The number of rotatable bonds is 6. The van der Waals surface area contributed by atoms with Crippen LogP contribution in [0.15, 0.2) is 0 Å². The van der Waals surface area contributed by atoms with Crippen LogP contribution < -0.4 is 0 Å². The second kappa shape index (κ2) is 9.69. The van der Waals surface area contributed by atoms with Gasteiger partial charge in [0.15, 0.2) is 0 Å². The van der Waals surface area contributed by atoms with Gasteiger partial charge in [0.05, 0.1) is 12.6 Å². The van der Waals surface area contributed by atoms with Crippen molar-refractivity contribution in [2.75, 3.05) is 19.5 Å². The van der Waals surface area contributed by atoms with E-state index in [2.05, 4.69) is 0 Å². The average molecular weight is 300 g/mol. The molecule has 0 aromatic heterocycles. The van der Waals surface area contributed by atoms with E-state index in [9.17, 15) is 26.5 Å². The second-order valence-corrected chi connectivity index (χ2v) is 5.39. The number of halogens is 5. The third-order valence-electron chi connectivity index (χ3n) is 1.84. The quantitative estimate of drug-likeness (QED) is 0.583. The van der Waals surface area contributed by atoms with Gasteiger partial charge >= 0.3 is 13.8 Å². The summed E-state index contributed by atoms with van der Waals surface area (Å²) in [5, 5.41) is 0. The predicted octanol–water partition coefficient (Wildman–Crippen LogP) is 3.46. The van der Waals surface area contributed by atoms with Gasteiger partial charge in [-0.15, -0.1) is 0 Å². The molecule has 112 valence electrons. The van der Waals surface area contributed by atoms with Crippen molar-refractivity contribution in [1.29, 1.82) is 0 Å². The Kier molecular flexibility index (Phi) is 10.8. The summed E-state index contributed by atoms with van der Waals surface area (Å²) in [5.74, 6) is -2.12. The molecule has 0 aromatic rings. The van der Waals surface area contributed by atoms with Gasteiger partial charge in [-0.05, 0) is 19.3 Å². The Morgan fingerprint density at radius 2 is 1.67 bits per heavy atom. The van der Waals surface area contributed by atoms with E-state index in [-0.39, 0.29) is 13.1 Å². The lowest BCUT2D eigenvalue weighted by Gasteiger charge is -2.16. The SMILES string of the molecule is CCCF.O=P(O)(O)CCCC(CF)C(F)(F)F. The van der Waals surface area contributed by atoms with Crippen LogP contribution in [0.5, 0.6) is 0 Å². The molecular weight excluding hydrogens is 282 g/mol. The van der Waals surface area contributed by atoms with E-state index in [0.29, 0.717) is 6.42 Å². The average Bonchev–Trinajstić information content (AvgIpc) is 2.21. The Labute approximate surface area is 103 Å². The Morgan fingerprint density at radius 3 is 1.89 bits per heavy atom. The van der Waals surface area contributed by atoms with Gasteiger partial charge in [-0.3, -0.25) is 13.3 Å². The van der Waals surface area contributed by atoms with E-state index in [1.54, 1.807) is 6.92 Å². The highest BCUT2D eigenvalue weighted by atomic mass is 31.2. The summed E-state index contributed by atoms with van der Waals surface area (Å²) in [6.07, 6.45) is -5.55. The topological polar surface area (TPSA) is 57.5 Å². The zero-order chi connectivity index (χ0) is 14.8. The molecule has 0 aliphatic rings. The molecule has 0 bridgehead atoms. The largest absolute Gasteiger partial charge is 0.394 e. The van der Waals surface area contributed by atoms with Crippen LogP contribution in [-0.2, 0) is 4.57 Å². The minimum absolute atomic E-state index is 0.181. The van der Waals surface area contributed by atoms with Crippen LogP contribution in [0.3, 0.4) is 0 Å². The van der Waals surface area contributed by atoms with Gasteiger partial charge in [-0.2, -0.15) is 13.2 Å². The van der Waals surface area contributed by atoms with Crippen molar-refractivity contribution in [1.82, 2.24) is 0 Å². The molecule has 2 N–H and O–H groups in total. The third kappa shape index (κ3) is 13.9. The van der Waals surface area contributed by atoms with Gasteiger partial charge in [-0.25, -0.2) is 0 Å². The van der Waals surface area contributed by atoms with Crippen LogP contribution in [0, 0.1) is 5.92 Å². The Bertz CT molecular complexity index is 239. The molecule has 0 fully saturated rings. The van der Waals surface area contributed by atoms with Crippen LogP contribution in [0.1, 0.15) is 26.2 Å². The summed E-state index contributed by atoms with van der Waals surface area (Å²) in [5.41, 5.74) is 0. The van der Waals surface area contributed by atoms with Crippen molar-refractivity contribution in [3.8, 4) is 0 Å². The lowest BCUT2D eigenvalue weighted by molar-refractivity contribution is -0.180. The van der Waals surface area contributed by atoms with E-state index in [0.717, 1.165) is 0 Å². The minimum atomic E-state index is -4.64. The smallest absolute Gasteiger partial charge is 0.324 e. The Morgan fingerprint density at radius 1 is 1.22 bits per heavy atom. The molecule has 0 aromatic carbocycles. The van der Waals surface area contributed by atoms with Crippen molar-refractivity contribution >= 4 is 7.60 Å². The van der Waals surface area contributed by atoms with Gasteiger partial charge in [0.2, 0.25) is 0 Å². The molecule has 0 spiro atoms. The first-order valence-electron chi connectivity index (χ1n) is 5.31. The van der Waals surface area contributed by atoms with Crippen LogP contribution in [0.4, 0.5) is 22.0 Å². The van der Waals surface area contributed by atoms with E-state index >= 15 is 0 Å². The fraction of sp³-hybridized carbons (Fsp3) is 1.00. The van der Waals surface area contributed by atoms with Crippen LogP contribution in [0.25, 0.3) is 0 Å². The standard InChI is InChI=1S/C6H11F4O3P.C3H7F/c7-4-5(6(8,9)10)2-1-3-14(11,12)13;1-2-3-4/h5H,1-4H2,(H2,11,12,13);2-3H2,1H3. The van der Waals surface area contributed by atoms with Crippen LogP contribution >= 0.6 is 7.60 Å². The highest BCUT2D eigenvalue weighted by Crippen LogP contribution is 2.37. The van der Waals surface area contributed by atoms with Gasteiger partial charge in [-0.1, -0.05) is 6.92 Å². The first kappa shape index (κ1) is 20.1. The molecule has 0 amide bonds. The molecule has 0 aliphatic heterocycles. The van der Waals surface area contributed by atoms with Gasteiger partial charge < -0.3 is 9.79 Å². The summed E-state index contributed by atoms with van der Waals surface area (Å²) in [7, 11) is -4.27. The minimum Gasteiger partial charge on any atom is -0.324 e. The lowest BCUT2D eigenvalue weighted by atomic mass is 10.1. The maximum Gasteiger partial charge on any atom is 0.394 e. The van der Waals surface area contributed by atoms with Crippen LogP contribution in [0.2, 0.25) is 0 Å². The molecule has 0 saturated heterocycles. The summed E-state index contributed by atoms with van der Waals surface area (Å²) < 4.78 is 68.6. The molecule has 0 radical (unpaired) electrons. The van der Waals surface area contributed by atoms with Gasteiger partial charge in [0.1, 0.15) is 6.67 Å². The number of alkyl halides is 5. The van der Waals surface area contributed by atoms with Crippen molar-refractivity contribution in [3.05, 3.63) is 0 Å². The molecular formula is C9H18F5O3P. The summed E-state index contributed by atoms with van der Waals surface area (Å²) in [6.45, 7) is 0.0741. The van der Waals surface area contributed by atoms with Crippen molar-refractivity contribution < 1.29 is 36.3 Å². The van der Waals surface area contributed by atoms with Crippen molar-refractivity contribution in [2.24, 2.45) is 5.92 Å². The molecule has 18 heavy (non-hydrogen) atoms. The van der Waals surface area contributed by atoms with E-state index < -0.39 is 38.9 Å². The number of hydrogen-bond donors (Lipinski definition) is 2. The molecule has 9 heteroatoms. The maximum absolute atomic E-state index is 11.9. The number of hydrogen-bond acceptors (Lipinski definition) is 1. The molecule has 3 nitrogen and oxygen atoms in total. The fourth-order valence-corrected chi connectivity index (χ4v) is 1.47. The maximum atomic E-state index is 11.9. The van der Waals surface area contributed by atoms with E-state index in [1.807, 2.05) is 0 Å². The second-order valence-electron chi connectivity index (χ2n) is 3.61. The molecule has 0 rings (SSSR count). The van der Waals surface area contributed by atoms with E-state index in [4.69, 9.17) is 9.79 Å². The van der Waals surface area contributed by atoms with Crippen molar-refractivity contribution in [3.63, 3.8) is 0 Å². The fourth-order valence-electron chi connectivity index (χ4n) is 0.872. The third-order valence-corrected chi connectivity index (χ3v) is 2.74. The zero-order valence-electron chi connectivity index (χ0n) is 9.96. The zero-order valence-corrected chi connectivity index (χ0v) is 10.9. The predicted molar refractivity (Wildman–Crippen MR) is 57.9 cm³/mol. The first-order valence-corrected chi connectivity index (χ1v) is 7.11. The van der Waals surface area contributed by atoms with Crippen molar-refractivity contribution in [2.45, 2.75) is 32.4 Å². The molecule has 0 aliphatic carbocycles. The molecule has 1 unspecified atom stereocenters. The lowest BCUT2D eigenvalue weighted by Crippen LogP contribution is -2.24. The summed E-state index contributed by atoms with van der Waals surface area (Å²) in [6, 6.07) is 0. The molecule has 0 saturated carbocycles. The molecule has 1 atom stereocenters. The monoisotopic (exact) mass is 300 g/mol. The van der Waals surface area contributed by atoms with Gasteiger partial charge in [0, 0.05) is 6.16 Å². The van der Waals surface area contributed by atoms with Crippen LogP contribution in [-0.4, -0.2) is 35.5 Å².